The number of nitrogens with two attached hydrogens (primary N) is 3. The van der Waals surface area contributed by atoms with Crippen LogP contribution in [0.5, 0.6) is 0 Å². The molecule has 1 unspecified atom stereocenters. The number of aliphatic hydroxyl groups is 1. The molecule has 0 saturated heterocycles. The second-order valence-electron chi connectivity index (χ2n) is 8.09. The lowest BCUT2D eigenvalue weighted by Crippen LogP contribution is -2.54. The quantitative estimate of drug-likeness (QED) is 0.0662. The zero-order valence-electron chi connectivity index (χ0n) is 20.8. The van der Waals surface area contributed by atoms with E-state index >= 15 is 0 Å². The van der Waals surface area contributed by atoms with Crippen LogP contribution in [-0.2, 0) is 28.8 Å². The van der Waals surface area contributed by atoms with Gasteiger partial charge >= 0.3 is 5.97 Å². The van der Waals surface area contributed by atoms with E-state index in [4.69, 9.17) is 17.2 Å². The summed E-state index contributed by atoms with van der Waals surface area (Å²) in [6, 6.07) is -3.50. The van der Waals surface area contributed by atoms with Crippen molar-refractivity contribution < 1.29 is 39.0 Å². The molecule has 0 rings (SSSR count). The molecular formula is C21H40N8O8. The number of amides is 5. The lowest BCUT2D eigenvalue weighted by Gasteiger charge is -2.20. The molecule has 0 saturated carbocycles. The van der Waals surface area contributed by atoms with Gasteiger partial charge in [0.1, 0.15) is 18.1 Å². The van der Waals surface area contributed by atoms with Crippen LogP contribution in [0.1, 0.15) is 38.5 Å². The molecule has 37 heavy (non-hydrogen) atoms. The average Bonchev–Trinajstić information content (AvgIpc) is 2.87. The number of carboxylic acid groups (broad SMARTS) is 1. The Morgan fingerprint density at radius 2 is 1.05 bits per heavy atom. The Morgan fingerprint density at radius 1 is 0.622 bits per heavy atom. The first-order valence-electron chi connectivity index (χ1n) is 12.0. The standard InChI is InChI=1S/C21H40N8O8/c22-7-3-1-5-13(27-17(32)10-26-20(35)15(12-30)29-16(31)9-24)19(34)25-11-18(33)28-14(21(36)37)6-2-4-8-23/h13-15,30H,1-12,22-24H2,(H,25,34)(H,26,35)(H,27,32)(H,28,33)(H,29,31)(H,36,37)/t13-,14-,15?/m0/s1. The number of hydrogen-bond donors (Lipinski definition) is 10. The third-order valence-electron chi connectivity index (χ3n) is 5.04. The van der Waals surface area contributed by atoms with Crippen LogP contribution >= 0.6 is 0 Å². The van der Waals surface area contributed by atoms with E-state index in [1.54, 1.807) is 0 Å². The highest BCUT2D eigenvalue weighted by Gasteiger charge is 2.24. The Bertz CT molecular complexity index is 767. The fourth-order valence-electron chi connectivity index (χ4n) is 3.03. The van der Waals surface area contributed by atoms with E-state index in [0.29, 0.717) is 38.8 Å². The van der Waals surface area contributed by atoms with Gasteiger partial charge in [0.25, 0.3) is 0 Å². The second-order valence-corrected chi connectivity index (χ2v) is 8.09. The Morgan fingerprint density at radius 3 is 1.49 bits per heavy atom. The van der Waals surface area contributed by atoms with E-state index in [2.05, 4.69) is 26.6 Å². The first-order valence-corrected chi connectivity index (χ1v) is 12.0. The summed E-state index contributed by atoms with van der Waals surface area (Å²) in [5.41, 5.74) is 16.0. The van der Waals surface area contributed by atoms with Gasteiger partial charge in [0, 0.05) is 0 Å². The Kier molecular flexibility index (Phi) is 18.0. The fourth-order valence-corrected chi connectivity index (χ4v) is 3.03. The van der Waals surface area contributed by atoms with Crippen LogP contribution in [0.2, 0.25) is 0 Å². The topological polar surface area (TPSA) is 281 Å². The van der Waals surface area contributed by atoms with Crippen molar-refractivity contribution >= 4 is 35.5 Å². The smallest absolute Gasteiger partial charge is 0.326 e. The SMILES string of the molecule is NCCCC[C@H](NC(=O)CNC(=O)[C@H](CCCCN)NC(=O)CNC(=O)C(CO)NC(=O)CN)C(=O)O. The molecule has 212 valence electrons. The van der Waals surface area contributed by atoms with Crippen LogP contribution < -0.4 is 43.8 Å². The van der Waals surface area contributed by atoms with E-state index in [0.717, 1.165) is 0 Å². The normalized spacial score (nSPS) is 13.0. The number of carbonyl (C=O) groups is 6. The van der Waals surface area contributed by atoms with Crippen molar-refractivity contribution in [2.45, 2.75) is 56.7 Å². The number of nitrogens with one attached hydrogen (secondary N) is 5. The first kappa shape index (κ1) is 33.7. The van der Waals surface area contributed by atoms with Crippen LogP contribution in [0, 0.1) is 0 Å². The summed E-state index contributed by atoms with van der Waals surface area (Å²) in [4.78, 5) is 71.8. The summed E-state index contributed by atoms with van der Waals surface area (Å²) >= 11 is 0. The third kappa shape index (κ3) is 15.4. The molecule has 3 atom stereocenters. The molecule has 0 aromatic carbocycles. The average molecular weight is 533 g/mol. The van der Waals surface area contributed by atoms with Crippen molar-refractivity contribution in [1.82, 2.24) is 26.6 Å². The van der Waals surface area contributed by atoms with Crippen LogP contribution in [0.15, 0.2) is 0 Å². The van der Waals surface area contributed by atoms with E-state index in [1.165, 1.54) is 0 Å². The van der Waals surface area contributed by atoms with Gasteiger partial charge in [-0.1, -0.05) is 0 Å². The van der Waals surface area contributed by atoms with Gasteiger partial charge < -0.3 is 54.0 Å². The number of hydrogen-bond acceptors (Lipinski definition) is 10. The first-order chi connectivity index (χ1) is 17.6. The van der Waals surface area contributed by atoms with Crippen molar-refractivity contribution in [3.8, 4) is 0 Å². The van der Waals surface area contributed by atoms with E-state index in [1.807, 2.05) is 0 Å². The minimum atomic E-state index is -1.31. The van der Waals surface area contributed by atoms with Gasteiger partial charge in [-0.15, -0.1) is 0 Å². The monoisotopic (exact) mass is 532 g/mol. The molecule has 0 radical (unpaired) electrons. The van der Waals surface area contributed by atoms with Gasteiger partial charge in [-0.3, -0.25) is 24.0 Å². The number of rotatable bonds is 20. The molecule has 5 amide bonds. The Balaban J connectivity index is 4.89. The molecule has 0 bridgehead atoms. The maximum atomic E-state index is 12.6. The molecule has 0 spiro atoms. The summed E-state index contributed by atoms with van der Waals surface area (Å²) in [5.74, 6) is -4.87. The van der Waals surface area contributed by atoms with Crippen LogP contribution in [-0.4, -0.2) is 103 Å². The molecule has 0 fully saturated rings. The molecule has 0 aliphatic heterocycles. The molecule has 0 heterocycles. The zero-order valence-corrected chi connectivity index (χ0v) is 20.8. The number of aliphatic hydroxyl groups excluding tert-OH is 1. The minimum absolute atomic E-state index is 0.183. The van der Waals surface area contributed by atoms with E-state index < -0.39 is 79.9 Å². The van der Waals surface area contributed by atoms with Gasteiger partial charge in [-0.05, 0) is 51.6 Å². The second kappa shape index (κ2) is 19.8. The lowest BCUT2D eigenvalue weighted by molar-refractivity contribution is -0.142. The molecule has 13 N–H and O–H groups in total. The van der Waals surface area contributed by atoms with Crippen molar-refractivity contribution in [2.24, 2.45) is 17.2 Å². The van der Waals surface area contributed by atoms with Gasteiger partial charge in [-0.25, -0.2) is 4.79 Å². The molecule has 0 aliphatic rings. The minimum Gasteiger partial charge on any atom is -0.480 e. The maximum absolute atomic E-state index is 12.6. The van der Waals surface area contributed by atoms with E-state index in [9.17, 15) is 39.0 Å². The molecule has 16 nitrogen and oxygen atoms in total. The third-order valence-corrected chi connectivity index (χ3v) is 5.04. The van der Waals surface area contributed by atoms with Gasteiger partial charge in [0.2, 0.25) is 29.5 Å². The number of aliphatic carboxylic acids is 1. The van der Waals surface area contributed by atoms with Gasteiger partial charge in [-0.2, -0.15) is 0 Å². The molecular weight excluding hydrogens is 492 g/mol. The predicted molar refractivity (Wildman–Crippen MR) is 131 cm³/mol. The summed E-state index contributed by atoms with van der Waals surface area (Å²) in [5, 5.41) is 30.0. The highest BCUT2D eigenvalue weighted by molar-refractivity contribution is 5.94. The molecule has 16 heteroatoms. The van der Waals surface area contributed by atoms with E-state index in [-0.39, 0.29) is 12.8 Å². The Labute approximate surface area is 214 Å². The number of carboxylic acids is 1. The lowest BCUT2D eigenvalue weighted by atomic mass is 10.1. The molecule has 0 aliphatic carbocycles. The molecule has 0 aromatic heterocycles. The van der Waals surface area contributed by atoms with Crippen LogP contribution in [0.25, 0.3) is 0 Å². The van der Waals surface area contributed by atoms with Crippen LogP contribution in [0.3, 0.4) is 0 Å². The Hall–Kier alpha value is -3.34. The number of unbranched alkanes of at least 4 members (excludes halogenated alkanes) is 2. The van der Waals surface area contributed by atoms with Gasteiger partial charge in [0.05, 0.1) is 26.2 Å². The van der Waals surface area contributed by atoms with Gasteiger partial charge in [0.15, 0.2) is 0 Å². The summed E-state index contributed by atoms with van der Waals surface area (Å²) < 4.78 is 0. The number of carbonyl (C=O) groups excluding carboxylic acids is 5. The summed E-state index contributed by atoms with van der Waals surface area (Å²) in [6.07, 6.45) is 2.52. The van der Waals surface area contributed by atoms with Crippen LogP contribution in [0.4, 0.5) is 0 Å². The summed E-state index contributed by atoms with van der Waals surface area (Å²) in [7, 11) is 0. The van der Waals surface area contributed by atoms with Crippen molar-refractivity contribution in [2.75, 3.05) is 39.3 Å². The highest BCUT2D eigenvalue weighted by Crippen LogP contribution is 2.02. The zero-order chi connectivity index (χ0) is 28.2. The summed E-state index contributed by atoms with van der Waals surface area (Å²) in [6.45, 7) is -1.44. The van der Waals surface area contributed by atoms with Crippen molar-refractivity contribution in [3.05, 3.63) is 0 Å². The predicted octanol–water partition coefficient (Wildman–Crippen LogP) is -5.03. The van der Waals surface area contributed by atoms with Crippen molar-refractivity contribution in [3.63, 3.8) is 0 Å². The highest BCUT2D eigenvalue weighted by atomic mass is 16.4. The largest absolute Gasteiger partial charge is 0.480 e. The molecule has 0 aromatic rings. The fraction of sp³-hybridized carbons (Fsp3) is 0.714. The maximum Gasteiger partial charge on any atom is 0.326 e. The van der Waals surface area contributed by atoms with Crippen molar-refractivity contribution in [1.29, 1.82) is 0 Å².